The summed E-state index contributed by atoms with van der Waals surface area (Å²) in [6, 6.07) is 57.3. The molecule has 0 aliphatic heterocycles. The van der Waals surface area contributed by atoms with E-state index in [1.165, 1.54) is 55.3 Å². The molecule has 2 aliphatic carbocycles. The first-order valence-corrected chi connectivity index (χ1v) is 18.6. The number of allylic oxidation sites excluding steroid dienone is 4. The molecule has 0 fully saturated rings. The monoisotopic (exact) mass is 681 g/mol. The van der Waals surface area contributed by atoms with Gasteiger partial charge in [0.05, 0.1) is 11.0 Å². The second-order valence-corrected chi connectivity index (χ2v) is 14.8. The van der Waals surface area contributed by atoms with Gasteiger partial charge in [0.15, 0.2) is 0 Å². The van der Waals surface area contributed by atoms with Crippen LogP contribution >= 0.6 is 0 Å². The van der Waals surface area contributed by atoms with Crippen LogP contribution in [-0.2, 0) is 5.41 Å². The Balaban J connectivity index is 1.06. The third kappa shape index (κ3) is 5.15. The third-order valence-electron chi connectivity index (χ3n) is 11.5. The van der Waals surface area contributed by atoms with Crippen molar-refractivity contribution in [3.8, 4) is 22.3 Å². The number of hydrogen-bond acceptors (Lipinski definition) is 2. The van der Waals surface area contributed by atoms with Crippen molar-refractivity contribution < 1.29 is 0 Å². The fourth-order valence-corrected chi connectivity index (χ4v) is 8.85. The first-order chi connectivity index (χ1) is 26.0. The number of aromatic nitrogens is 2. The molecule has 1 unspecified atom stereocenters. The molecule has 2 aliphatic rings. The van der Waals surface area contributed by atoms with Crippen LogP contribution in [0.4, 0.5) is 17.1 Å². The largest absolute Gasteiger partial charge is 0.310 e. The minimum Gasteiger partial charge on any atom is -0.310 e. The van der Waals surface area contributed by atoms with Crippen LogP contribution < -0.4 is 4.90 Å². The Hall–Kier alpha value is -6.45. The maximum absolute atomic E-state index is 4.35. The van der Waals surface area contributed by atoms with Gasteiger partial charge in [-0.15, -0.1) is 0 Å². The maximum atomic E-state index is 4.35. The molecule has 0 N–H and O–H groups in total. The van der Waals surface area contributed by atoms with Crippen LogP contribution in [0.5, 0.6) is 0 Å². The Kier molecular flexibility index (Phi) is 7.29. The third-order valence-corrected chi connectivity index (χ3v) is 11.5. The molecular formula is C50H39N3. The molecule has 254 valence electrons. The molecule has 0 bridgehead atoms. The van der Waals surface area contributed by atoms with Crippen molar-refractivity contribution >= 4 is 44.6 Å². The molecule has 8 aromatic rings. The van der Waals surface area contributed by atoms with Crippen molar-refractivity contribution in [2.75, 3.05) is 4.90 Å². The van der Waals surface area contributed by atoms with Gasteiger partial charge >= 0.3 is 0 Å². The number of fused-ring (bicyclic) bond motifs is 6. The standard InChI is InChI=1S/C50H39N3/c1-50(2)46-31-40(26-28-42(46)43-29-27-41(32-47(43)50)53-48-16-8-6-14-44(48)45-15-7-9-17-49(45)53)52(38-22-18-35(19-23-38)34-11-4-3-5-12-34)39-24-20-36(21-25-39)37-13-10-30-51-33-37/h3-28,30-33,43H,29H2,1-2H3. The minimum atomic E-state index is -0.138. The zero-order valence-electron chi connectivity index (χ0n) is 29.9. The van der Waals surface area contributed by atoms with Crippen molar-refractivity contribution in [3.63, 3.8) is 0 Å². The first-order valence-electron chi connectivity index (χ1n) is 18.6. The summed E-state index contributed by atoms with van der Waals surface area (Å²) >= 11 is 0. The molecule has 3 heteroatoms. The Bertz CT molecular complexity index is 2560. The van der Waals surface area contributed by atoms with Crippen molar-refractivity contribution in [2.24, 2.45) is 0 Å². The molecule has 2 aromatic heterocycles. The summed E-state index contributed by atoms with van der Waals surface area (Å²) in [5.74, 6) is 0.364. The summed E-state index contributed by atoms with van der Waals surface area (Å²) in [6.45, 7) is 4.83. The number of hydrogen-bond donors (Lipinski definition) is 0. The van der Waals surface area contributed by atoms with Crippen LogP contribution in [0.15, 0.2) is 188 Å². The van der Waals surface area contributed by atoms with E-state index in [0.717, 1.165) is 34.6 Å². The summed E-state index contributed by atoms with van der Waals surface area (Å²) in [5.41, 5.74) is 16.1. The number of benzene rings is 6. The summed E-state index contributed by atoms with van der Waals surface area (Å²) in [6.07, 6.45) is 9.67. The molecule has 2 heterocycles. The summed E-state index contributed by atoms with van der Waals surface area (Å²) in [4.78, 5) is 6.75. The quantitative estimate of drug-likeness (QED) is 0.174. The average Bonchev–Trinajstić information content (AvgIpc) is 3.67. The predicted octanol–water partition coefficient (Wildman–Crippen LogP) is 13.2. The molecule has 0 saturated heterocycles. The molecule has 0 saturated carbocycles. The maximum Gasteiger partial charge on any atom is 0.0540 e. The first kappa shape index (κ1) is 31.3. The van der Waals surface area contributed by atoms with Gasteiger partial charge in [0.1, 0.15) is 0 Å². The van der Waals surface area contributed by atoms with E-state index in [9.17, 15) is 0 Å². The topological polar surface area (TPSA) is 21.1 Å². The molecular weight excluding hydrogens is 643 g/mol. The van der Waals surface area contributed by atoms with Crippen molar-refractivity contribution in [1.82, 2.24) is 9.55 Å². The van der Waals surface area contributed by atoms with Gasteiger partial charge in [-0.3, -0.25) is 4.98 Å². The second-order valence-electron chi connectivity index (χ2n) is 14.8. The fraction of sp³-hybridized carbons (Fsp3) is 0.100. The highest BCUT2D eigenvalue weighted by atomic mass is 15.1. The van der Waals surface area contributed by atoms with Gasteiger partial charge in [-0.2, -0.15) is 0 Å². The van der Waals surface area contributed by atoms with Crippen molar-refractivity contribution in [2.45, 2.75) is 31.6 Å². The SMILES string of the molecule is CC1(C)C2=CC(n3c4ccccc4c4ccccc43)=CCC2c2ccc(N(c3ccc(-c4ccccc4)cc3)c3ccc(-c4cccnc4)cc3)cc21. The van der Waals surface area contributed by atoms with E-state index in [2.05, 4.69) is 192 Å². The Morgan fingerprint density at radius 2 is 1.15 bits per heavy atom. The van der Waals surface area contributed by atoms with Crippen LogP contribution in [-0.4, -0.2) is 9.55 Å². The summed E-state index contributed by atoms with van der Waals surface area (Å²) in [5, 5.41) is 2.60. The van der Waals surface area contributed by atoms with Gasteiger partial charge < -0.3 is 9.47 Å². The predicted molar refractivity (Wildman–Crippen MR) is 222 cm³/mol. The fourth-order valence-electron chi connectivity index (χ4n) is 8.85. The van der Waals surface area contributed by atoms with Crippen LogP contribution in [0, 0.1) is 0 Å². The lowest BCUT2D eigenvalue weighted by atomic mass is 9.78. The average molecular weight is 682 g/mol. The molecule has 53 heavy (non-hydrogen) atoms. The van der Waals surface area contributed by atoms with Gasteiger partial charge in [-0.25, -0.2) is 0 Å². The lowest BCUT2D eigenvalue weighted by Gasteiger charge is -2.29. The lowest BCUT2D eigenvalue weighted by molar-refractivity contribution is 0.612. The van der Waals surface area contributed by atoms with E-state index in [-0.39, 0.29) is 5.41 Å². The molecule has 0 amide bonds. The van der Waals surface area contributed by atoms with Crippen LogP contribution in [0.1, 0.15) is 37.3 Å². The highest BCUT2D eigenvalue weighted by Crippen LogP contribution is 2.55. The molecule has 6 aromatic carbocycles. The van der Waals surface area contributed by atoms with Crippen molar-refractivity contribution in [3.05, 3.63) is 199 Å². The van der Waals surface area contributed by atoms with E-state index < -0.39 is 0 Å². The molecule has 3 nitrogen and oxygen atoms in total. The van der Waals surface area contributed by atoms with Gasteiger partial charge in [0, 0.05) is 57.3 Å². The normalized spacial score (nSPS) is 15.8. The van der Waals surface area contributed by atoms with Crippen LogP contribution in [0.3, 0.4) is 0 Å². The highest BCUT2D eigenvalue weighted by Gasteiger charge is 2.43. The van der Waals surface area contributed by atoms with Crippen LogP contribution in [0.2, 0.25) is 0 Å². The number of pyridine rings is 1. The van der Waals surface area contributed by atoms with E-state index in [1.807, 2.05) is 18.5 Å². The molecule has 1 atom stereocenters. The Labute approximate surface area is 310 Å². The van der Waals surface area contributed by atoms with E-state index in [1.54, 1.807) is 0 Å². The van der Waals surface area contributed by atoms with E-state index in [4.69, 9.17) is 0 Å². The minimum absolute atomic E-state index is 0.138. The van der Waals surface area contributed by atoms with E-state index in [0.29, 0.717) is 5.92 Å². The van der Waals surface area contributed by atoms with Gasteiger partial charge in [0.2, 0.25) is 0 Å². The van der Waals surface area contributed by atoms with Crippen LogP contribution in [0.25, 0.3) is 49.8 Å². The summed E-state index contributed by atoms with van der Waals surface area (Å²) < 4.78 is 2.47. The van der Waals surface area contributed by atoms with Gasteiger partial charge in [-0.05, 0) is 100 Å². The number of para-hydroxylation sites is 2. The van der Waals surface area contributed by atoms with Gasteiger partial charge in [-0.1, -0.05) is 129 Å². The Morgan fingerprint density at radius 1 is 0.585 bits per heavy atom. The lowest BCUT2D eigenvalue weighted by Crippen LogP contribution is -2.19. The molecule has 0 radical (unpaired) electrons. The summed E-state index contributed by atoms with van der Waals surface area (Å²) in [7, 11) is 0. The molecule has 10 rings (SSSR count). The highest BCUT2D eigenvalue weighted by molar-refractivity contribution is 6.10. The zero-order valence-corrected chi connectivity index (χ0v) is 29.9. The number of anilines is 3. The second kappa shape index (κ2) is 12.4. The number of rotatable bonds is 6. The van der Waals surface area contributed by atoms with Crippen molar-refractivity contribution in [1.29, 1.82) is 0 Å². The molecule has 0 spiro atoms. The van der Waals surface area contributed by atoms with Gasteiger partial charge in [0.25, 0.3) is 0 Å². The smallest absolute Gasteiger partial charge is 0.0540 e. The Morgan fingerprint density at radius 3 is 1.79 bits per heavy atom. The number of nitrogens with zero attached hydrogens (tertiary/aromatic N) is 3. The van der Waals surface area contributed by atoms with E-state index >= 15 is 0 Å². The zero-order chi connectivity index (χ0) is 35.5.